The van der Waals surface area contributed by atoms with Crippen LogP contribution in [0.15, 0.2) is 42.1 Å². The second kappa shape index (κ2) is 12.0. The third kappa shape index (κ3) is 6.30. The van der Waals surface area contributed by atoms with Crippen LogP contribution >= 0.6 is 34.7 Å². The summed E-state index contributed by atoms with van der Waals surface area (Å²) < 4.78 is 11.5. The van der Waals surface area contributed by atoms with Crippen LogP contribution in [0.3, 0.4) is 0 Å². The van der Waals surface area contributed by atoms with Crippen molar-refractivity contribution in [3.63, 3.8) is 0 Å². The molecule has 2 aromatic heterocycles. The molecule has 12 heteroatoms. The minimum Gasteiger partial charge on any atom is -0.465 e. The van der Waals surface area contributed by atoms with Gasteiger partial charge in [-0.05, 0) is 30.2 Å². The van der Waals surface area contributed by atoms with Gasteiger partial charge in [0.2, 0.25) is 5.91 Å². The molecule has 3 aromatic rings. The number of nitrogens with zero attached hydrogens (tertiary/aromatic N) is 3. The Morgan fingerprint density at radius 2 is 1.86 bits per heavy atom. The average Bonchev–Trinajstić information content (AvgIpc) is 3.38. The number of carbonyl (C=O) groups is 3. The molecule has 0 radical (unpaired) electrons. The van der Waals surface area contributed by atoms with Gasteiger partial charge in [-0.3, -0.25) is 4.79 Å². The lowest BCUT2D eigenvalue weighted by Gasteiger charge is -2.08. The van der Waals surface area contributed by atoms with E-state index in [1.807, 2.05) is 28.8 Å². The number of ether oxygens (including phenoxy) is 2. The minimum atomic E-state index is -0.658. The molecule has 0 aliphatic rings. The van der Waals surface area contributed by atoms with Crippen molar-refractivity contribution >= 4 is 57.5 Å². The van der Waals surface area contributed by atoms with Gasteiger partial charge >= 0.3 is 11.9 Å². The second-order valence-electron chi connectivity index (χ2n) is 7.18. The summed E-state index contributed by atoms with van der Waals surface area (Å²) in [5.41, 5.74) is 1.52. The number of anilines is 1. The molecular formula is C23H23ClN4O5S2. The van der Waals surface area contributed by atoms with E-state index >= 15 is 0 Å². The number of methoxy groups -OCH3 is 2. The number of thiophene rings is 1. The van der Waals surface area contributed by atoms with Crippen LogP contribution in [0.25, 0.3) is 0 Å². The fourth-order valence-electron chi connectivity index (χ4n) is 3.18. The summed E-state index contributed by atoms with van der Waals surface area (Å²) in [4.78, 5) is 37.2. The Hall–Kier alpha value is -3.15. The van der Waals surface area contributed by atoms with Crippen molar-refractivity contribution in [2.75, 3.05) is 25.3 Å². The van der Waals surface area contributed by atoms with Crippen LogP contribution < -0.4 is 5.32 Å². The lowest BCUT2D eigenvalue weighted by molar-refractivity contribution is -0.113. The monoisotopic (exact) mass is 534 g/mol. The maximum Gasteiger partial charge on any atom is 0.348 e. The van der Waals surface area contributed by atoms with Crippen LogP contribution in [0.2, 0.25) is 5.02 Å². The standard InChI is InChI=1S/C23H23ClN4O5S2/c1-5-10-28-16(11-14-6-8-15(24)9-7-14)26-27-23(28)34-12-17(29)25-20-18(21(30)32-3)13(2)19(35-20)22(31)33-4/h5-9H,1,10-12H2,2-4H3,(H,25,29). The van der Waals surface area contributed by atoms with Crippen LogP contribution in [0.5, 0.6) is 0 Å². The zero-order chi connectivity index (χ0) is 25.5. The van der Waals surface area contributed by atoms with E-state index in [-0.39, 0.29) is 27.1 Å². The van der Waals surface area contributed by atoms with Crippen LogP contribution in [-0.2, 0) is 27.2 Å². The number of esters is 2. The highest BCUT2D eigenvalue weighted by Gasteiger charge is 2.27. The maximum atomic E-state index is 12.7. The summed E-state index contributed by atoms with van der Waals surface area (Å²) in [7, 11) is 2.47. The fraction of sp³-hybridized carbons (Fsp3) is 0.261. The number of hydrogen-bond donors (Lipinski definition) is 1. The Kier molecular flexibility index (Phi) is 9.07. The Bertz CT molecular complexity index is 1250. The molecule has 2 heterocycles. The van der Waals surface area contributed by atoms with Crippen LogP contribution in [0, 0.1) is 6.92 Å². The number of halogens is 1. The number of nitrogens with one attached hydrogen (secondary N) is 1. The zero-order valence-electron chi connectivity index (χ0n) is 19.3. The van der Waals surface area contributed by atoms with Crippen LogP contribution in [0.1, 0.15) is 37.0 Å². The van der Waals surface area contributed by atoms with Gasteiger partial charge in [0.05, 0.1) is 25.5 Å². The molecule has 1 amide bonds. The van der Waals surface area contributed by atoms with Gasteiger partial charge in [-0.1, -0.05) is 41.6 Å². The number of allylic oxidation sites excluding steroid dienone is 1. The van der Waals surface area contributed by atoms with Crippen molar-refractivity contribution < 1.29 is 23.9 Å². The third-order valence-electron chi connectivity index (χ3n) is 4.87. The predicted octanol–water partition coefficient (Wildman–Crippen LogP) is 4.38. The highest BCUT2D eigenvalue weighted by atomic mass is 35.5. The zero-order valence-corrected chi connectivity index (χ0v) is 21.7. The molecule has 0 atom stereocenters. The molecule has 35 heavy (non-hydrogen) atoms. The summed E-state index contributed by atoms with van der Waals surface area (Å²) in [6.07, 6.45) is 2.27. The van der Waals surface area contributed by atoms with Crippen molar-refractivity contribution in [3.8, 4) is 0 Å². The van der Waals surface area contributed by atoms with Gasteiger partial charge < -0.3 is 19.4 Å². The molecule has 0 unspecified atom stereocenters. The number of aromatic nitrogens is 3. The van der Waals surface area contributed by atoms with Gasteiger partial charge in [-0.25, -0.2) is 9.59 Å². The lowest BCUT2D eigenvalue weighted by atomic mass is 10.1. The van der Waals surface area contributed by atoms with Crippen molar-refractivity contribution in [1.29, 1.82) is 0 Å². The first-order chi connectivity index (χ1) is 16.8. The van der Waals surface area contributed by atoms with Gasteiger partial charge in [0.1, 0.15) is 15.7 Å². The first kappa shape index (κ1) is 26.5. The molecule has 0 bridgehead atoms. The van der Waals surface area contributed by atoms with E-state index in [1.165, 1.54) is 26.0 Å². The lowest BCUT2D eigenvalue weighted by Crippen LogP contribution is -2.16. The number of hydrogen-bond acceptors (Lipinski definition) is 9. The molecule has 3 rings (SSSR count). The van der Waals surface area contributed by atoms with E-state index in [0.717, 1.165) is 22.7 Å². The molecule has 0 spiro atoms. The average molecular weight is 535 g/mol. The normalized spacial score (nSPS) is 10.6. The molecule has 9 nitrogen and oxygen atoms in total. The van der Waals surface area contributed by atoms with E-state index in [1.54, 1.807) is 13.0 Å². The van der Waals surface area contributed by atoms with E-state index in [2.05, 4.69) is 22.1 Å². The van der Waals surface area contributed by atoms with E-state index in [9.17, 15) is 14.4 Å². The van der Waals surface area contributed by atoms with Crippen molar-refractivity contribution in [3.05, 3.63) is 69.3 Å². The summed E-state index contributed by atoms with van der Waals surface area (Å²) in [6.45, 7) is 5.86. The summed E-state index contributed by atoms with van der Waals surface area (Å²) in [6, 6.07) is 7.46. The van der Waals surface area contributed by atoms with Gasteiger partial charge in [-0.2, -0.15) is 0 Å². The van der Waals surface area contributed by atoms with Gasteiger partial charge in [0, 0.05) is 18.0 Å². The SMILES string of the molecule is C=CCn1c(Cc2ccc(Cl)cc2)nnc1SCC(=O)Nc1sc(C(=O)OC)c(C)c1C(=O)OC. The largest absolute Gasteiger partial charge is 0.465 e. The number of amides is 1. The van der Waals surface area contributed by atoms with Crippen molar-refractivity contribution in [2.45, 2.75) is 25.0 Å². The second-order valence-corrected chi connectivity index (χ2v) is 9.58. The minimum absolute atomic E-state index is 0.00133. The van der Waals surface area contributed by atoms with Crippen LogP contribution in [0.4, 0.5) is 5.00 Å². The third-order valence-corrected chi connectivity index (χ3v) is 7.28. The van der Waals surface area contributed by atoms with Crippen molar-refractivity contribution in [1.82, 2.24) is 14.8 Å². The number of benzene rings is 1. The quantitative estimate of drug-likeness (QED) is 0.231. The Morgan fingerprint density at radius 1 is 1.17 bits per heavy atom. The molecule has 0 saturated carbocycles. The molecule has 1 N–H and O–H groups in total. The summed E-state index contributed by atoms with van der Waals surface area (Å²) in [5.74, 6) is -0.918. The topological polar surface area (TPSA) is 112 Å². The first-order valence-corrected chi connectivity index (χ1v) is 12.5. The van der Waals surface area contributed by atoms with Gasteiger partial charge in [0.15, 0.2) is 5.16 Å². The maximum absolute atomic E-state index is 12.7. The Morgan fingerprint density at radius 3 is 2.49 bits per heavy atom. The van der Waals surface area contributed by atoms with E-state index in [4.69, 9.17) is 21.1 Å². The highest BCUT2D eigenvalue weighted by molar-refractivity contribution is 7.99. The van der Waals surface area contributed by atoms with Crippen LogP contribution in [-0.4, -0.2) is 52.6 Å². The Labute approximate surface area is 215 Å². The molecule has 184 valence electrons. The molecule has 0 aliphatic heterocycles. The summed E-state index contributed by atoms with van der Waals surface area (Å²) in [5, 5.41) is 12.6. The number of carbonyl (C=O) groups excluding carboxylic acids is 3. The fourth-order valence-corrected chi connectivity index (χ4v) is 5.21. The molecule has 0 fully saturated rings. The van der Waals surface area contributed by atoms with E-state index in [0.29, 0.717) is 28.7 Å². The van der Waals surface area contributed by atoms with Crippen molar-refractivity contribution in [2.24, 2.45) is 0 Å². The number of rotatable bonds is 10. The number of thioether (sulfide) groups is 1. The predicted molar refractivity (Wildman–Crippen MR) is 136 cm³/mol. The smallest absolute Gasteiger partial charge is 0.348 e. The molecule has 0 aliphatic carbocycles. The van der Waals surface area contributed by atoms with Gasteiger partial charge in [-0.15, -0.1) is 28.1 Å². The molecule has 1 aromatic carbocycles. The molecular weight excluding hydrogens is 512 g/mol. The van der Waals surface area contributed by atoms with Gasteiger partial charge in [0.25, 0.3) is 0 Å². The van der Waals surface area contributed by atoms with E-state index < -0.39 is 11.9 Å². The Balaban J connectivity index is 1.75. The first-order valence-electron chi connectivity index (χ1n) is 10.3. The highest BCUT2D eigenvalue weighted by Crippen LogP contribution is 2.34. The summed E-state index contributed by atoms with van der Waals surface area (Å²) >= 11 is 8.11. The molecule has 0 saturated heterocycles.